The van der Waals surface area contributed by atoms with Gasteiger partial charge in [-0.25, -0.2) is 9.97 Å². The quantitative estimate of drug-likeness (QED) is 0.229. The Morgan fingerprint density at radius 2 is 1.70 bits per heavy atom. The van der Waals surface area contributed by atoms with Crippen molar-refractivity contribution >= 4 is 22.5 Å². The van der Waals surface area contributed by atoms with E-state index < -0.39 is 0 Å². The Labute approximate surface area is 250 Å². The molecule has 5 aromatic rings. The third-order valence-electron chi connectivity index (χ3n) is 7.34. The van der Waals surface area contributed by atoms with Crippen LogP contribution in [0.3, 0.4) is 0 Å². The van der Waals surface area contributed by atoms with Crippen molar-refractivity contribution in [3.63, 3.8) is 0 Å². The van der Waals surface area contributed by atoms with Gasteiger partial charge in [-0.1, -0.05) is 36.4 Å². The van der Waals surface area contributed by atoms with Gasteiger partial charge < -0.3 is 24.3 Å². The lowest BCUT2D eigenvalue weighted by atomic mass is 10.1. The van der Waals surface area contributed by atoms with Crippen LogP contribution in [0.4, 0.5) is 11.6 Å². The van der Waals surface area contributed by atoms with E-state index in [-0.39, 0.29) is 0 Å². The molecule has 0 saturated carbocycles. The second-order valence-electron chi connectivity index (χ2n) is 10.2. The van der Waals surface area contributed by atoms with E-state index in [2.05, 4.69) is 60.6 Å². The highest BCUT2D eigenvalue weighted by Gasteiger charge is 2.17. The number of anilines is 2. The summed E-state index contributed by atoms with van der Waals surface area (Å²) in [5.74, 6) is 2.74. The number of hydrogen-bond acceptors (Lipinski definition) is 10. The lowest BCUT2D eigenvalue weighted by Gasteiger charge is -2.26. The number of methoxy groups -OCH3 is 2. The van der Waals surface area contributed by atoms with Gasteiger partial charge in [-0.05, 0) is 23.3 Å². The van der Waals surface area contributed by atoms with Crippen LogP contribution in [0.15, 0.2) is 73.2 Å². The van der Waals surface area contributed by atoms with E-state index in [1.54, 1.807) is 14.2 Å². The van der Waals surface area contributed by atoms with Crippen molar-refractivity contribution in [2.45, 2.75) is 13.0 Å². The molecule has 0 atom stereocenters. The smallest absolute Gasteiger partial charge is 0.230 e. The number of rotatable bonds is 12. The molecule has 222 valence electrons. The maximum Gasteiger partial charge on any atom is 0.230 e. The molecule has 0 spiro atoms. The van der Waals surface area contributed by atoms with E-state index in [9.17, 15) is 0 Å². The molecule has 1 N–H and O–H groups in total. The summed E-state index contributed by atoms with van der Waals surface area (Å²) in [5.41, 5.74) is 4.09. The summed E-state index contributed by atoms with van der Waals surface area (Å²) >= 11 is 0. The van der Waals surface area contributed by atoms with Gasteiger partial charge in [0.15, 0.2) is 11.5 Å². The Balaban J connectivity index is 1.13. The van der Waals surface area contributed by atoms with Gasteiger partial charge in [-0.2, -0.15) is 10.1 Å². The van der Waals surface area contributed by atoms with Crippen molar-refractivity contribution in [3.8, 4) is 17.2 Å². The van der Waals surface area contributed by atoms with E-state index in [1.807, 2.05) is 41.2 Å². The topological polar surface area (TPSA) is 109 Å². The van der Waals surface area contributed by atoms with Gasteiger partial charge in [0.05, 0.1) is 45.7 Å². The number of aromatic nitrogens is 5. The molecule has 11 nitrogen and oxygen atoms in total. The van der Waals surface area contributed by atoms with E-state index >= 15 is 0 Å². The molecule has 0 amide bonds. The number of fused-ring (bicyclic) bond motifs is 1. The maximum atomic E-state index is 6.10. The third kappa shape index (κ3) is 7.02. The molecule has 3 heterocycles. The normalized spacial score (nSPS) is 13.6. The molecular weight excluding hydrogens is 546 g/mol. The minimum absolute atomic E-state index is 0.423. The Bertz CT molecular complexity index is 1630. The second-order valence-corrected chi connectivity index (χ2v) is 10.2. The Kier molecular flexibility index (Phi) is 8.90. The second kappa shape index (κ2) is 13.5. The molecule has 1 fully saturated rings. The number of morpholine rings is 1. The standard InChI is InChI=1S/C32H35N7O4/c1-40-28-18-26(19-29(41-2)31(28)43-15-12-38-10-13-42-14-11-38)36-32-34-22-33-30(37-32)17-24-8-9-27-25(16-24)20-35-39(27)21-23-6-4-3-5-7-23/h3-9,16,18-20,22H,10-15,17,21H2,1-2H3,(H,33,34,36,37). The fraction of sp³-hybridized carbons (Fsp3) is 0.312. The summed E-state index contributed by atoms with van der Waals surface area (Å²) in [4.78, 5) is 15.7. The van der Waals surface area contributed by atoms with Crippen molar-refractivity contribution in [2.75, 3.05) is 59.0 Å². The predicted molar refractivity (Wildman–Crippen MR) is 163 cm³/mol. The van der Waals surface area contributed by atoms with Gasteiger partial charge >= 0.3 is 0 Å². The summed E-state index contributed by atoms with van der Waals surface area (Å²) in [6.45, 7) is 5.35. The SMILES string of the molecule is COc1cc(Nc2ncnc(Cc3ccc4c(cnn4Cc4ccccc4)c3)n2)cc(OC)c1OCCN1CCOCC1. The number of benzene rings is 3. The zero-order valence-electron chi connectivity index (χ0n) is 24.4. The van der Waals surface area contributed by atoms with Gasteiger partial charge in [0.2, 0.25) is 11.7 Å². The summed E-state index contributed by atoms with van der Waals surface area (Å²) < 4.78 is 24.8. The number of nitrogens with one attached hydrogen (secondary N) is 1. The molecule has 0 radical (unpaired) electrons. The zero-order chi connectivity index (χ0) is 29.4. The first-order chi connectivity index (χ1) is 21.2. The molecule has 0 unspecified atom stereocenters. The lowest BCUT2D eigenvalue weighted by molar-refractivity contribution is 0.0319. The van der Waals surface area contributed by atoms with Gasteiger partial charge in [0.1, 0.15) is 18.8 Å². The molecule has 1 aliphatic heterocycles. The van der Waals surface area contributed by atoms with E-state index in [0.717, 1.165) is 55.9 Å². The molecular formula is C32H35N7O4. The van der Waals surface area contributed by atoms with Crippen molar-refractivity contribution in [1.29, 1.82) is 0 Å². The van der Waals surface area contributed by atoms with E-state index in [0.29, 0.717) is 47.7 Å². The number of nitrogens with zero attached hydrogens (tertiary/aromatic N) is 6. The maximum absolute atomic E-state index is 6.10. The zero-order valence-corrected chi connectivity index (χ0v) is 24.4. The molecule has 1 saturated heterocycles. The summed E-state index contributed by atoms with van der Waals surface area (Å²) in [6, 6.07) is 20.3. The van der Waals surface area contributed by atoms with Crippen LogP contribution in [0.1, 0.15) is 17.0 Å². The first kappa shape index (κ1) is 28.4. The van der Waals surface area contributed by atoms with Gasteiger partial charge in [-0.3, -0.25) is 9.58 Å². The molecule has 0 bridgehead atoms. The van der Waals surface area contributed by atoms with Crippen LogP contribution in [0.5, 0.6) is 17.2 Å². The largest absolute Gasteiger partial charge is 0.493 e. The van der Waals surface area contributed by atoms with Crippen LogP contribution >= 0.6 is 0 Å². The Morgan fingerprint density at radius 3 is 2.47 bits per heavy atom. The highest BCUT2D eigenvalue weighted by atomic mass is 16.5. The third-order valence-corrected chi connectivity index (χ3v) is 7.34. The minimum atomic E-state index is 0.423. The van der Waals surface area contributed by atoms with Crippen LogP contribution < -0.4 is 19.5 Å². The molecule has 2 aromatic heterocycles. The lowest BCUT2D eigenvalue weighted by Crippen LogP contribution is -2.38. The predicted octanol–water partition coefficient (Wildman–Crippen LogP) is 4.33. The van der Waals surface area contributed by atoms with Crippen LogP contribution in [-0.2, 0) is 17.7 Å². The van der Waals surface area contributed by atoms with Crippen LogP contribution in [-0.4, -0.2) is 83.3 Å². The highest BCUT2D eigenvalue weighted by Crippen LogP contribution is 2.40. The van der Waals surface area contributed by atoms with E-state index in [1.165, 1.54) is 11.9 Å². The van der Waals surface area contributed by atoms with Crippen LogP contribution in [0.2, 0.25) is 0 Å². The average molecular weight is 582 g/mol. The van der Waals surface area contributed by atoms with E-state index in [4.69, 9.17) is 18.9 Å². The van der Waals surface area contributed by atoms with Crippen molar-refractivity contribution in [2.24, 2.45) is 0 Å². The van der Waals surface area contributed by atoms with Gasteiger partial charge in [-0.15, -0.1) is 0 Å². The number of hydrogen-bond donors (Lipinski definition) is 1. The fourth-order valence-electron chi connectivity index (χ4n) is 5.11. The summed E-state index contributed by atoms with van der Waals surface area (Å²) in [6.07, 6.45) is 3.97. The van der Waals surface area contributed by atoms with Crippen molar-refractivity contribution in [3.05, 3.63) is 90.1 Å². The summed E-state index contributed by atoms with van der Waals surface area (Å²) in [5, 5.41) is 8.93. The van der Waals surface area contributed by atoms with Crippen molar-refractivity contribution < 1.29 is 18.9 Å². The van der Waals surface area contributed by atoms with Crippen LogP contribution in [0, 0.1) is 0 Å². The Morgan fingerprint density at radius 1 is 0.907 bits per heavy atom. The monoisotopic (exact) mass is 581 g/mol. The molecule has 43 heavy (non-hydrogen) atoms. The molecule has 0 aliphatic carbocycles. The molecule has 6 rings (SSSR count). The van der Waals surface area contributed by atoms with Crippen LogP contribution in [0.25, 0.3) is 10.9 Å². The average Bonchev–Trinajstić information content (AvgIpc) is 3.44. The first-order valence-electron chi connectivity index (χ1n) is 14.3. The number of ether oxygens (including phenoxy) is 4. The van der Waals surface area contributed by atoms with Crippen molar-refractivity contribution in [1.82, 2.24) is 29.6 Å². The van der Waals surface area contributed by atoms with Gasteiger partial charge in [0.25, 0.3) is 0 Å². The minimum Gasteiger partial charge on any atom is -0.493 e. The highest BCUT2D eigenvalue weighted by molar-refractivity contribution is 5.79. The van der Waals surface area contributed by atoms with Gasteiger partial charge in [0, 0.05) is 49.3 Å². The first-order valence-corrected chi connectivity index (χ1v) is 14.3. The molecule has 3 aromatic carbocycles. The fourth-order valence-corrected chi connectivity index (χ4v) is 5.11. The Hall–Kier alpha value is -4.74. The summed E-state index contributed by atoms with van der Waals surface area (Å²) in [7, 11) is 3.22. The molecule has 1 aliphatic rings. The molecule has 11 heteroatoms.